The van der Waals surface area contributed by atoms with E-state index in [-0.39, 0.29) is 23.6 Å². The maximum atomic E-state index is 13.4. The number of amides is 1. The second-order valence-corrected chi connectivity index (χ2v) is 5.05. The van der Waals surface area contributed by atoms with Crippen molar-refractivity contribution in [2.45, 2.75) is 33.4 Å². The van der Waals surface area contributed by atoms with Gasteiger partial charge in [-0.25, -0.2) is 9.07 Å². The number of carbonyl (C=O) groups excluding carboxylic acids is 1. The summed E-state index contributed by atoms with van der Waals surface area (Å²) in [5, 5.41) is 6.69. The lowest BCUT2D eigenvalue weighted by Gasteiger charge is -2.08. The van der Waals surface area contributed by atoms with Gasteiger partial charge in [-0.05, 0) is 36.6 Å². The van der Waals surface area contributed by atoms with Gasteiger partial charge in [0.15, 0.2) is 0 Å². The summed E-state index contributed by atoms with van der Waals surface area (Å²) in [5.41, 5.74) is 1.15. The van der Waals surface area contributed by atoms with E-state index in [0.717, 1.165) is 6.42 Å². The van der Waals surface area contributed by atoms with E-state index in [1.54, 1.807) is 19.1 Å². The van der Waals surface area contributed by atoms with E-state index in [0.29, 0.717) is 17.7 Å². The average molecular weight is 303 g/mol. The largest absolute Gasteiger partial charge is 0.347 e. The normalized spacial score (nSPS) is 10.5. The molecule has 6 heteroatoms. The smallest absolute Gasteiger partial charge is 0.271 e. The van der Waals surface area contributed by atoms with Crippen LogP contribution in [0.15, 0.2) is 35.1 Å². The molecule has 0 saturated carbocycles. The molecule has 0 aliphatic heterocycles. The highest BCUT2D eigenvalue weighted by Gasteiger charge is 2.09. The van der Waals surface area contributed by atoms with Crippen molar-refractivity contribution in [1.29, 1.82) is 0 Å². The first-order chi connectivity index (χ1) is 10.5. The lowest BCUT2D eigenvalue weighted by atomic mass is 10.1. The number of rotatable bonds is 5. The molecule has 0 radical (unpaired) electrons. The molecule has 22 heavy (non-hydrogen) atoms. The molecule has 0 fully saturated rings. The Morgan fingerprint density at radius 2 is 2.09 bits per heavy atom. The zero-order valence-corrected chi connectivity index (χ0v) is 12.6. The third-order valence-corrected chi connectivity index (χ3v) is 3.22. The van der Waals surface area contributed by atoms with Crippen LogP contribution in [0.4, 0.5) is 4.39 Å². The maximum absolute atomic E-state index is 13.4. The lowest BCUT2D eigenvalue weighted by Crippen LogP contribution is -2.29. The minimum absolute atomic E-state index is 0.167. The minimum Gasteiger partial charge on any atom is -0.347 e. The topological polar surface area (TPSA) is 64.0 Å². The molecule has 0 unspecified atom stereocenters. The van der Waals surface area contributed by atoms with Gasteiger partial charge in [0.1, 0.15) is 11.5 Å². The zero-order valence-electron chi connectivity index (χ0n) is 12.6. The summed E-state index contributed by atoms with van der Waals surface area (Å²) in [4.78, 5) is 23.6. The fourth-order valence-electron chi connectivity index (χ4n) is 1.96. The fraction of sp³-hybridized carbons (Fsp3) is 0.312. The van der Waals surface area contributed by atoms with Crippen molar-refractivity contribution >= 4 is 5.91 Å². The van der Waals surface area contributed by atoms with Crippen molar-refractivity contribution < 1.29 is 9.18 Å². The van der Waals surface area contributed by atoms with Gasteiger partial charge in [-0.1, -0.05) is 19.1 Å². The summed E-state index contributed by atoms with van der Waals surface area (Å²) < 4.78 is 14.7. The predicted molar refractivity (Wildman–Crippen MR) is 81.1 cm³/mol. The van der Waals surface area contributed by atoms with Crippen molar-refractivity contribution in [3.63, 3.8) is 0 Å². The number of aromatic nitrogens is 2. The monoisotopic (exact) mass is 303 g/mol. The van der Waals surface area contributed by atoms with Gasteiger partial charge in [0.25, 0.3) is 11.5 Å². The Balaban J connectivity index is 2.07. The van der Waals surface area contributed by atoms with Gasteiger partial charge in [0.2, 0.25) is 0 Å². The van der Waals surface area contributed by atoms with E-state index >= 15 is 0 Å². The molecular weight excluding hydrogens is 285 g/mol. The molecule has 1 aromatic heterocycles. The second kappa shape index (κ2) is 6.98. The molecule has 0 bridgehead atoms. The number of hydrogen-bond donors (Lipinski definition) is 1. The molecule has 0 aliphatic carbocycles. The molecule has 5 nitrogen and oxygen atoms in total. The number of aryl methyl sites for hydroxylation is 2. The Bertz CT molecular complexity index is 740. The van der Waals surface area contributed by atoms with Gasteiger partial charge in [-0.3, -0.25) is 9.59 Å². The van der Waals surface area contributed by atoms with E-state index in [9.17, 15) is 14.0 Å². The number of carbonyl (C=O) groups is 1. The van der Waals surface area contributed by atoms with Gasteiger partial charge in [-0.15, -0.1) is 0 Å². The number of halogens is 1. The van der Waals surface area contributed by atoms with E-state index in [4.69, 9.17) is 0 Å². The van der Waals surface area contributed by atoms with Crippen molar-refractivity contribution in [3.8, 4) is 0 Å². The molecule has 0 atom stereocenters. The summed E-state index contributed by atoms with van der Waals surface area (Å²) in [7, 11) is 0. The first kappa shape index (κ1) is 15.9. The van der Waals surface area contributed by atoms with Crippen LogP contribution in [0.2, 0.25) is 0 Å². The average Bonchev–Trinajstić information content (AvgIpc) is 2.50. The molecule has 1 amide bonds. The third kappa shape index (κ3) is 3.78. The van der Waals surface area contributed by atoms with Crippen LogP contribution in [0.25, 0.3) is 0 Å². The summed E-state index contributed by atoms with van der Waals surface area (Å²) in [5.74, 6) is -0.702. The van der Waals surface area contributed by atoms with Crippen molar-refractivity contribution in [2.24, 2.45) is 0 Å². The Morgan fingerprint density at radius 1 is 1.32 bits per heavy atom. The predicted octanol–water partition coefficient (Wildman–Crippen LogP) is 2.03. The third-order valence-electron chi connectivity index (χ3n) is 3.22. The molecule has 116 valence electrons. The number of nitrogens with zero attached hydrogens (tertiary/aromatic N) is 2. The zero-order chi connectivity index (χ0) is 16.1. The van der Waals surface area contributed by atoms with E-state index in [1.165, 1.54) is 22.9 Å². The summed E-state index contributed by atoms with van der Waals surface area (Å²) >= 11 is 0. The molecule has 1 N–H and O–H groups in total. The van der Waals surface area contributed by atoms with Crippen molar-refractivity contribution in [1.82, 2.24) is 15.1 Å². The molecule has 0 spiro atoms. The fourth-order valence-corrected chi connectivity index (χ4v) is 1.96. The summed E-state index contributed by atoms with van der Waals surface area (Å²) in [6.07, 6.45) is 0.751. The van der Waals surface area contributed by atoms with Crippen LogP contribution in [0, 0.1) is 12.7 Å². The Morgan fingerprint density at radius 3 is 2.77 bits per heavy atom. The molecule has 1 heterocycles. The molecule has 2 aromatic rings. The Kier molecular flexibility index (Phi) is 5.04. The van der Waals surface area contributed by atoms with E-state index in [1.807, 2.05) is 6.92 Å². The van der Waals surface area contributed by atoms with Gasteiger partial charge < -0.3 is 5.32 Å². The second-order valence-electron chi connectivity index (χ2n) is 5.05. The Labute approximate surface area is 127 Å². The maximum Gasteiger partial charge on any atom is 0.271 e. The van der Waals surface area contributed by atoms with Gasteiger partial charge in [0, 0.05) is 19.2 Å². The van der Waals surface area contributed by atoms with Crippen LogP contribution in [0.3, 0.4) is 0 Å². The standard InChI is InChI=1S/C16H18FN3O2/c1-3-8-20-15(21)7-6-14(19-20)16(22)18-10-12-5-4-11(2)13(17)9-12/h4-7,9H,3,8,10H2,1-2H3,(H,18,22). The summed E-state index contributed by atoms with van der Waals surface area (Å²) in [6.45, 7) is 4.26. The van der Waals surface area contributed by atoms with E-state index in [2.05, 4.69) is 10.4 Å². The van der Waals surface area contributed by atoms with Crippen LogP contribution >= 0.6 is 0 Å². The van der Waals surface area contributed by atoms with Crippen molar-refractivity contribution in [3.05, 3.63) is 63.3 Å². The number of hydrogen-bond acceptors (Lipinski definition) is 3. The van der Waals surface area contributed by atoms with Crippen LogP contribution in [0.1, 0.15) is 35.0 Å². The molecular formula is C16H18FN3O2. The highest BCUT2D eigenvalue weighted by molar-refractivity contribution is 5.91. The SMILES string of the molecule is CCCn1nc(C(=O)NCc2ccc(C)c(F)c2)ccc1=O. The Hall–Kier alpha value is -2.50. The minimum atomic E-state index is -0.397. The first-order valence-corrected chi connectivity index (χ1v) is 7.12. The van der Waals surface area contributed by atoms with Gasteiger partial charge in [-0.2, -0.15) is 5.10 Å². The van der Waals surface area contributed by atoms with Crippen LogP contribution in [0.5, 0.6) is 0 Å². The van der Waals surface area contributed by atoms with Crippen LogP contribution in [-0.2, 0) is 13.1 Å². The highest BCUT2D eigenvalue weighted by Crippen LogP contribution is 2.09. The summed E-state index contributed by atoms with van der Waals surface area (Å²) in [6, 6.07) is 7.52. The van der Waals surface area contributed by atoms with Gasteiger partial charge >= 0.3 is 0 Å². The molecule has 1 aromatic carbocycles. The number of benzene rings is 1. The van der Waals surface area contributed by atoms with Crippen LogP contribution < -0.4 is 10.9 Å². The quantitative estimate of drug-likeness (QED) is 0.919. The lowest BCUT2D eigenvalue weighted by molar-refractivity contribution is 0.0943. The van der Waals surface area contributed by atoms with Crippen LogP contribution in [-0.4, -0.2) is 15.7 Å². The first-order valence-electron chi connectivity index (χ1n) is 7.12. The highest BCUT2D eigenvalue weighted by atomic mass is 19.1. The van der Waals surface area contributed by atoms with Crippen molar-refractivity contribution in [2.75, 3.05) is 0 Å². The van der Waals surface area contributed by atoms with Gasteiger partial charge in [0.05, 0.1) is 0 Å². The van der Waals surface area contributed by atoms with E-state index < -0.39 is 5.91 Å². The molecule has 0 aliphatic rings. The number of nitrogens with one attached hydrogen (secondary N) is 1. The molecule has 0 saturated heterocycles. The molecule has 2 rings (SSSR count).